The first kappa shape index (κ1) is 13.7. The summed E-state index contributed by atoms with van der Waals surface area (Å²) in [6.07, 6.45) is 3.02. The van der Waals surface area contributed by atoms with Crippen LogP contribution in [-0.4, -0.2) is 35.7 Å². The van der Waals surface area contributed by atoms with Crippen LogP contribution in [0.5, 0.6) is 5.75 Å². The number of carbonyl (C=O) groups is 1. The van der Waals surface area contributed by atoms with Gasteiger partial charge >= 0.3 is 6.03 Å². The van der Waals surface area contributed by atoms with E-state index in [4.69, 9.17) is 0 Å². The van der Waals surface area contributed by atoms with Crippen LogP contribution < -0.4 is 5.32 Å². The van der Waals surface area contributed by atoms with E-state index in [2.05, 4.69) is 5.32 Å². The van der Waals surface area contributed by atoms with Crippen LogP contribution in [0, 0.1) is 13.8 Å². The second kappa shape index (κ2) is 5.95. The molecule has 1 aromatic rings. The summed E-state index contributed by atoms with van der Waals surface area (Å²) in [5, 5.41) is 12.7. The summed E-state index contributed by atoms with van der Waals surface area (Å²) in [4.78, 5) is 13.7. The molecule has 0 unspecified atom stereocenters. The van der Waals surface area contributed by atoms with E-state index in [0.717, 1.165) is 49.0 Å². The molecule has 19 heavy (non-hydrogen) atoms. The predicted molar refractivity (Wildman–Crippen MR) is 75.5 cm³/mol. The van der Waals surface area contributed by atoms with Gasteiger partial charge in [-0.25, -0.2) is 4.79 Å². The monoisotopic (exact) mass is 262 g/mol. The van der Waals surface area contributed by atoms with E-state index in [9.17, 15) is 9.90 Å². The molecule has 1 saturated heterocycles. The minimum Gasteiger partial charge on any atom is -0.507 e. The quantitative estimate of drug-likeness (QED) is 0.878. The Hall–Kier alpha value is -1.71. The SMILES string of the molecule is Cc1cc(CCNC(=O)N2CCCC2)cc(C)c1O. The Morgan fingerprint density at radius 2 is 1.84 bits per heavy atom. The van der Waals surface area contributed by atoms with Crippen LogP contribution in [0.25, 0.3) is 0 Å². The van der Waals surface area contributed by atoms with Gasteiger partial charge < -0.3 is 15.3 Å². The number of phenolic OH excluding ortho intramolecular Hbond substituents is 1. The van der Waals surface area contributed by atoms with Crippen LogP contribution in [0.15, 0.2) is 12.1 Å². The van der Waals surface area contributed by atoms with E-state index in [0.29, 0.717) is 12.3 Å². The number of phenols is 1. The minimum atomic E-state index is 0.0460. The lowest BCUT2D eigenvalue weighted by Crippen LogP contribution is -2.38. The number of aryl methyl sites for hydroxylation is 2. The smallest absolute Gasteiger partial charge is 0.317 e. The van der Waals surface area contributed by atoms with Crippen molar-refractivity contribution in [3.05, 3.63) is 28.8 Å². The molecular weight excluding hydrogens is 240 g/mol. The molecule has 2 rings (SSSR count). The number of benzene rings is 1. The van der Waals surface area contributed by atoms with E-state index in [1.807, 2.05) is 30.9 Å². The van der Waals surface area contributed by atoms with Crippen molar-refractivity contribution in [1.82, 2.24) is 10.2 Å². The molecule has 0 radical (unpaired) electrons. The van der Waals surface area contributed by atoms with Gasteiger partial charge in [-0.1, -0.05) is 12.1 Å². The number of hydrogen-bond acceptors (Lipinski definition) is 2. The van der Waals surface area contributed by atoms with Gasteiger partial charge in [0, 0.05) is 19.6 Å². The molecule has 1 fully saturated rings. The Bertz CT molecular complexity index is 442. The van der Waals surface area contributed by atoms with Crippen LogP contribution in [0.2, 0.25) is 0 Å². The van der Waals surface area contributed by atoms with Crippen molar-refractivity contribution in [2.24, 2.45) is 0 Å². The Morgan fingerprint density at radius 1 is 1.26 bits per heavy atom. The van der Waals surface area contributed by atoms with Crippen LogP contribution in [0.3, 0.4) is 0 Å². The maximum atomic E-state index is 11.8. The molecule has 2 N–H and O–H groups in total. The number of urea groups is 1. The Kier molecular flexibility index (Phi) is 4.30. The summed E-state index contributed by atoms with van der Waals surface area (Å²) in [5.74, 6) is 0.366. The maximum Gasteiger partial charge on any atom is 0.317 e. The van der Waals surface area contributed by atoms with E-state index in [1.54, 1.807) is 0 Å². The average Bonchev–Trinajstić information content (AvgIpc) is 2.89. The zero-order valence-electron chi connectivity index (χ0n) is 11.7. The van der Waals surface area contributed by atoms with Gasteiger partial charge in [-0.2, -0.15) is 0 Å². The number of hydrogen-bond donors (Lipinski definition) is 2. The Balaban J connectivity index is 1.84. The number of amides is 2. The van der Waals surface area contributed by atoms with Gasteiger partial charge in [0.15, 0.2) is 0 Å². The van der Waals surface area contributed by atoms with Gasteiger partial charge in [0.25, 0.3) is 0 Å². The highest BCUT2D eigenvalue weighted by atomic mass is 16.3. The summed E-state index contributed by atoms with van der Waals surface area (Å²) >= 11 is 0. The van der Waals surface area contributed by atoms with E-state index >= 15 is 0 Å². The van der Waals surface area contributed by atoms with Crippen molar-refractivity contribution < 1.29 is 9.90 Å². The fourth-order valence-corrected chi connectivity index (χ4v) is 2.54. The van der Waals surface area contributed by atoms with Crippen molar-refractivity contribution in [3.8, 4) is 5.75 Å². The topological polar surface area (TPSA) is 52.6 Å². The summed E-state index contributed by atoms with van der Waals surface area (Å²) in [6.45, 7) is 6.19. The third kappa shape index (κ3) is 3.40. The summed E-state index contributed by atoms with van der Waals surface area (Å²) in [5.41, 5.74) is 2.93. The largest absolute Gasteiger partial charge is 0.507 e. The van der Waals surface area contributed by atoms with Gasteiger partial charge in [0.2, 0.25) is 0 Å². The second-order valence-electron chi connectivity index (χ2n) is 5.25. The molecule has 0 aromatic heterocycles. The number of nitrogens with one attached hydrogen (secondary N) is 1. The third-order valence-electron chi connectivity index (χ3n) is 3.63. The molecule has 1 heterocycles. The van der Waals surface area contributed by atoms with Crippen LogP contribution in [-0.2, 0) is 6.42 Å². The highest BCUT2D eigenvalue weighted by Gasteiger charge is 2.16. The zero-order chi connectivity index (χ0) is 13.8. The molecule has 0 saturated carbocycles. The number of likely N-dealkylation sites (tertiary alicyclic amines) is 1. The molecule has 104 valence electrons. The standard InChI is InChI=1S/C15H22N2O2/c1-11-9-13(10-12(2)14(11)18)5-6-16-15(19)17-7-3-4-8-17/h9-10,18H,3-8H2,1-2H3,(H,16,19). The average molecular weight is 262 g/mol. The molecule has 1 aliphatic rings. The molecule has 0 spiro atoms. The highest BCUT2D eigenvalue weighted by molar-refractivity contribution is 5.74. The van der Waals surface area contributed by atoms with Crippen molar-refractivity contribution in [1.29, 1.82) is 0 Å². The fourth-order valence-electron chi connectivity index (χ4n) is 2.54. The Labute approximate surface area is 114 Å². The molecule has 0 atom stereocenters. The normalized spacial score (nSPS) is 14.7. The maximum absolute atomic E-state index is 11.8. The molecule has 1 aromatic carbocycles. The summed E-state index contributed by atoms with van der Waals surface area (Å²) < 4.78 is 0. The molecule has 4 heteroatoms. The number of nitrogens with zero attached hydrogens (tertiary/aromatic N) is 1. The first-order valence-electron chi connectivity index (χ1n) is 6.90. The highest BCUT2D eigenvalue weighted by Crippen LogP contribution is 2.22. The number of rotatable bonds is 3. The number of aromatic hydroxyl groups is 1. The number of carbonyl (C=O) groups excluding carboxylic acids is 1. The second-order valence-corrected chi connectivity index (χ2v) is 5.25. The van der Waals surface area contributed by atoms with Crippen molar-refractivity contribution in [3.63, 3.8) is 0 Å². The van der Waals surface area contributed by atoms with Gasteiger partial charge in [0.05, 0.1) is 0 Å². The summed E-state index contributed by atoms with van der Waals surface area (Å²) in [6, 6.07) is 4.00. The van der Waals surface area contributed by atoms with Gasteiger partial charge in [-0.3, -0.25) is 0 Å². The van der Waals surface area contributed by atoms with Gasteiger partial charge in [-0.05, 0) is 49.8 Å². The Morgan fingerprint density at radius 3 is 2.42 bits per heavy atom. The van der Waals surface area contributed by atoms with Crippen molar-refractivity contribution in [2.45, 2.75) is 33.1 Å². The molecule has 0 aliphatic carbocycles. The first-order chi connectivity index (χ1) is 9.08. The molecule has 1 aliphatic heterocycles. The van der Waals surface area contributed by atoms with E-state index in [-0.39, 0.29) is 6.03 Å². The fraction of sp³-hybridized carbons (Fsp3) is 0.533. The third-order valence-corrected chi connectivity index (χ3v) is 3.63. The van der Waals surface area contributed by atoms with Crippen LogP contribution >= 0.6 is 0 Å². The van der Waals surface area contributed by atoms with Crippen molar-refractivity contribution >= 4 is 6.03 Å². The molecule has 2 amide bonds. The first-order valence-corrected chi connectivity index (χ1v) is 6.90. The van der Waals surface area contributed by atoms with Gasteiger partial charge in [0.1, 0.15) is 5.75 Å². The van der Waals surface area contributed by atoms with Crippen molar-refractivity contribution in [2.75, 3.05) is 19.6 Å². The predicted octanol–water partition coefficient (Wildman–Crippen LogP) is 2.36. The lowest BCUT2D eigenvalue weighted by atomic mass is 10.0. The minimum absolute atomic E-state index is 0.0460. The lowest BCUT2D eigenvalue weighted by molar-refractivity contribution is 0.209. The van der Waals surface area contributed by atoms with E-state index < -0.39 is 0 Å². The molecular formula is C15H22N2O2. The summed E-state index contributed by atoms with van der Waals surface area (Å²) in [7, 11) is 0. The van der Waals surface area contributed by atoms with Gasteiger partial charge in [-0.15, -0.1) is 0 Å². The lowest BCUT2D eigenvalue weighted by Gasteiger charge is -2.16. The molecule has 4 nitrogen and oxygen atoms in total. The molecule has 0 bridgehead atoms. The van der Waals surface area contributed by atoms with Crippen LogP contribution in [0.4, 0.5) is 4.79 Å². The zero-order valence-corrected chi connectivity index (χ0v) is 11.7. The van der Waals surface area contributed by atoms with Crippen LogP contribution in [0.1, 0.15) is 29.5 Å². The van der Waals surface area contributed by atoms with E-state index in [1.165, 1.54) is 0 Å².